The van der Waals surface area contributed by atoms with Crippen LogP contribution in [0.5, 0.6) is 0 Å². The van der Waals surface area contributed by atoms with Crippen LogP contribution in [0.15, 0.2) is 0 Å². The van der Waals surface area contributed by atoms with Crippen LogP contribution in [0.3, 0.4) is 0 Å². The van der Waals surface area contributed by atoms with Gasteiger partial charge in [-0.25, -0.2) is 0 Å². The summed E-state index contributed by atoms with van der Waals surface area (Å²) in [5, 5.41) is 3.21. The molecule has 16 heavy (non-hydrogen) atoms. The van der Waals surface area contributed by atoms with Gasteiger partial charge in [-0.1, -0.05) is 0 Å². The number of hydrogen-bond acceptors (Lipinski definition) is 6. The Hall–Kier alpha value is -1.14. The van der Waals surface area contributed by atoms with Gasteiger partial charge in [0.05, 0.1) is 6.10 Å². The Morgan fingerprint density at radius 1 is 1.38 bits per heavy atom. The van der Waals surface area contributed by atoms with Gasteiger partial charge in [-0.3, -0.25) is 0 Å². The topological polar surface area (TPSA) is 63.2 Å². The van der Waals surface area contributed by atoms with Gasteiger partial charge in [-0.15, -0.1) is 0 Å². The van der Waals surface area contributed by atoms with Crippen molar-refractivity contribution >= 4 is 23.5 Å². The molecule has 0 aliphatic rings. The Morgan fingerprint density at radius 3 is 2.62 bits per heavy atom. The number of aromatic nitrogens is 3. The Bertz CT molecular complexity index is 347. The lowest BCUT2D eigenvalue weighted by atomic mass is 10.4. The van der Waals surface area contributed by atoms with Crippen molar-refractivity contribution in [3.63, 3.8) is 0 Å². The number of nitrogens with zero attached hydrogens (tertiary/aromatic N) is 4. The monoisotopic (exact) mass is 245 g/mol. The predicted molar refractivity (Wildman–Crippen MR) is 64.1 cm³/mol. The smallest absolute Gasteiger partial charge is 0.230 e. The van der Waals surface area contributed by atoms with Crippen LogP contribution in [0.2, 0.25) is 5.28 Å². The Kier molecular flexibility index (Phi) is 4.70. The fourth-order valence-corrected chi connectivity index (χ4v) is 1.09. The number of ether oxygens (including phenoxy) is 1. The van der Waals surface area contributed by atoms with E-state index in [-0.39, 0.29) is 11.4 Å². The molecule has 0 aliphatic heterocycles. The molecule has 0 amide bonds. The molecule has 0 saturated carbocycles. The highest BCUT2D eigenvalue weighted by molar-refractivity contribution is 6.28. The molecule has 0 bridgehead atoms. The van der Waals surface area contributed by atoms with Crippen molar-refractivity contribution in [2.24, 2.45) is 0 Å². The van der Waals surface area contributed by atoms with Gasteiger partial charge < -0.3 is 15.0 Å². The highest BCUT2D eigenvalue weighted by Crippen LogP contribution is 2.11. The Labute approximate surface area is 100 Å². The van der Waals surface area contributed by atoms with Gasteiger partial charge in [-0.05, 0) is 18.5 Å². The van der Waals surface area contributed by atoms with Gasteiger partial charge in [-0.2, -0.15) is 15.0 Å². The van der Waals surface area contributed by atoms with E-state index in [9.17, 15) is 0 Å². The first-order chi connectivity index (χ1) is 7.52. The third-order valence-corrected chi connectivity index (χ3v) is 2.12. The first kappa shape index (κ1) is 12.9. The lowest BCUT2D eigenvalue weighted by Gasteiger charge is -2.13. The van der Waals surface area contributed by atoms with E-state index in [1.165, 1.54) is 0 Å². The number of hydrogen-bond donors (Lipinski definition) is 1. The summed E-state index contributed by atoms with van der Waals surface area (Å²) in [5.74, 6) is 0.972. The van der Waals surface area contributed by atoms with Gasteiger partial charge in [0, 0.05) is 27.7 Å². The van der Waals surface area contributed by atoms with Crippen molar-refractivity contribution in [1.82, 2.24) is 15.0 Å². The summed E-state index contributed by atoms with van der Waals surface area (Å²) in [6, 6.07) is 0. The minimum absolute atomic E-state index is 0.0818. The number of nitrogens with one attached hydrogen (secondary N) is 1. The standard InChI is InChI=1S/C9H16ClN5O/c1-6(16-4)5-11-8-12-7(10)13-9(14-8)15(2)3/h6H,5H2,1-4H3,(H,11,12,13,14). The number of halogens is 1. The van der Waals surface area contributed by atoms with E-state index in [2.05, 4.69) is 20.3 Å². The van der Waals surface area contributed by atoms with E-state index in [0.29, 0.717) is 18.4 Å². The van der Waals surface area contributed by atoms with E-state index >= 15 is 0 Å². The molecular weight excluding hydrogens is 230 g/mol. The highest BCUT2D eigenvalue weighted by atomic mass is 35.5. The lowest BCUT2D eigenvalue weighted by molar-refractivity contribution is 0.128. The van der Waals surface area contributed by atoms with Crippen LogP contribution in [0.25, 0.3) is 0 Å². The van der Waals surface area contributed by atoms with Crippen LogP contribution < -0.4 is 10.2 Å². The minimum Gasteiger partial charge on any atom is -0.380 e. The average molecular weight is 246 g/mol. The first-order valence-electron chi connectivity index (χ1n) is 4.88. The predicted octanol–water partition coefficient (Wildman–Crippen LogP) is 1.04. The minimum atomic E-state index is 0.0818. The molecule has 0 aromatic carbocycles. The van der Waals surface area contributed by atoms with Gasteiger partial charge in [0.1, 0.15) is 0 Å². The van der Waals surface area contributed by atoms with Crippen molar-refractivity contribution in [1.29, 1.82) is 0 Å². The Balaban J connectivity index is 2.72. The van der Waals surface area contributed by atoms with Crippen LogP contribution >= 0.6 is 11.6 Å². The summed E-state index contributed by atoms with van der Waals surface area (Å²) in [7, 11) is 5.33. The molecule has 0 radical (unpaired) electrons. The number of methoxy groups -OCH3 is 1. The van der Waals surface area contributed by atoms with Crippen molar-refractivity contribution in [3.8, 4) is 0 Å². The zero-order valence-corrected chi connectivity index (χ0v) is 10.6. The third kappa shape index (κ3) is 3.79. The molecule has 1 heterocycles. The van der Waals surface area contributed by atoms with Crippen LogP contribution in [-0.2, 0) is 4.74 Å². The molecule has 1 N–H and O–H groups in total. The summed E-state index contributed by atoms with van der Waals surface area (Å²) < 4.78 is 5.10. The van der Waals surface area contributed by atoms with Gasteiger partial charge in [0.25, 0.3) is 0 Å². The van der Waals surface area contributed by atoms with E-state index in [0.717, 1.165) is 0 Å². The van der Waals surface area contributed by atoms with Crippen molar-refractivity contribution in [2.45, 2.75) is 13.0 Å². The summed E-state index contributed by atoms with van der Waals surface area (Å²) in [4.78, 5) is 13.9. The molecule has 1 aromatic heterocycles. The highest BCUT2D eigenvalue weighted by Gasteiger charge is 2.07. The normalized spacial score (nSPS) is 12.3. The van der Waals surface area contributed by atoms with Crippen LogP contribution in [0.4, 0.5) is 11.9 Å². The van der Waals surface area contributed by atoms with E-state index in [1.807, 2.05) is 21.0 Å². The summed E-state index contributed by atoms with van der Waals surface area (Å²) in [6.45, 7) is 2.56. The van der Waals surface area contributed by atoms with Crippen molar-refractivity contribution in [2.75, 3.05) is 38.0 Å². The van der Waals surface area contributed by atoms with Gasteiger partial charge in [0.15, 0.2) is 0 Å². The maximum absolute atomic E-state index is 5.78. The molecule has 0 aliphatic carbocycles. The van der Waals surface area contributed by atoms with Crippen molar-refractivity contribution in [3.05, 3.63) is 5.28 Å². The van der Waals surface area contributed by atoms with Crippen LogP contribution in [0.1, 0.15) is 6.92 Å². The SMILES string of the molecule is COC(C)CNc1nc(Cl)nc(N(C)C)n1. The molecule has 0 saturated heterocycles. The quantitative estimate of drug-likeness (QED) is 0.836. The Morgan fingerprint density at radius 2 is 2.06 bits per heavy atom. The molecule has 1 aromatic rings. The molecule has 90 valence electrons. The third-order valence-electron chi connectivity index (χ3n) is 1.95. The molecule has 0 spiro atoms. The first-order valence-corrected chi connectivity index (χ1v) is 5.26. The molecule has 1 rings (SSSR count). The summed E-state index contributed by atoms with van der Waals surface area (Å²) >= 11 is 5.78. The zero-order valence-electron chi connectivity index (χ0n) is 9.86. The van der Waals surface area contributed by atoms with Crippen LogP contribution in [-0.4, -0.2) is 48.8 Å². The molecule has 7 heteroatoms. The zero-order chi connectivity index (χ0) is 12.1. The molecular formula is C9H16ClN5O. The van der Waals surface area contributed by atoms with Gasteiger partial charge in [0.2, 0.25) is 17.2 Å². The van der Waals surface area contributed by atoms with E-state index in [4.69, 9.17) is 16.3 Å². The number of rotatable bonds is 5. The van der Waals surface area contributed by atoms with Gasteiger partial charge >= 0.3 is 0 Å². The second kappa shape index (κ2) is 5.81. The van der Waals surface area contributed by atoms with Crippen molar-refractivity contribution < 1.29 is 4.74 Å². The summed E-state index contributed by atoms with van der Waals surface area (Å²) in [6.07, 6.45) is 0.0818. The lowest BCUT2D eigenvalue weighted by Crippen LogP contribution is -2.21. The fourth-order valence-electron chi connectivity index (χ4n) is 0.937. The second-order valence-electron chi connectivity index (χ2n) is 3.55. The fraction of sp³-hybridized carbons (Fsp3) is 0.667. The van der Waals surface area contributed by atoms with E-state index in [1.54, 1.807) is 12.0 Å². The summed E-state index contributed by atoms with van der Waals surface area (Å²) in [5.41, 5.74) is 0. The number of anilines is 2. The molecule has 1 atom stereocenters. The molecule has 1 unspecified atom stereocenters. The molecule has 0 fully saturated rings. The second-order valence-corrected chi connectivity index (χ2v) is 3.89. The van der Waals surface area contributed by atoms with Crippen LogP contribution in [0, 0.1) is 0 Å². The largest absolute Gasteiger partial charge is 0.380 e. The molecule has 6 nitrogen and oxygen atoms in total. The maximum Gasteiger partial charge on any atom is 0.230 e. The van der Waals surface area contributed by atoms with E-state index < -0.39 is 0 Å². The average Bonchev–Trinajstić information content (AvgIpc) is 2.25. The maximum atomic E-state index is 5.78.